The number of hydrogen-bond acceptors (Lipinski definition) is 4. The summed E-state index contributed by atoms with van der Waals surface area (Å²) < 4.78 is 12.2. The van der Waals surface area contributed by atoms with Crippen molar-refractivity contribution in [2.24, 2.45) is 0 Å². The summed E-state index contributed by atoms with van der Waals surface area (Å²) in [6.07, 6.45) is 5.43. The molecular formula is C15H16NO4+. The van der Waals surface area contributed by atoms with Crippen LogP contribution in [0.2, 0.25) is 0 Å². The van der Waals surface area contributed by atoms with E-state index in [2.05, 4.69) is 0 Å². The molecule has 1 aromatic heterocycles. The Kier molecular flexibility index (Phi) is 3.44. The van der Waals surface area contributed by atoms with Gasteiger partial charge in [-0.05, 0) is 25.1 Å². The van der Waals surface area contributed by atoms with Crippen molar-refractivity contribution in [3.63, 3.8) is 0 Å². The van der Waals surface area contributed by atoms with E-state index in [9.17, 15) is 4.79 Å². The minimum absolute atomic E-state index is 0.185. The molecule has 0 N–H and O–H groups in total. The minimum Gasteiger partial charge on any atom is -0.494 e. The van der Waals surface area contributed by atoms with Crippen molar-refractivity contribution in [2.45, 2.75) is 32.4 Å². The molecule has 2 aromatic rings. The van der Waals surface area contributed by atoms with Gasteiger partial charge in [-0.25, -0.2) is 0 Å². The molecule has 0 bridgehead atoms. The smallest absolute Gasteiger partial charge is 0.477 e. The second-order valence-electron chi connectivity index (χ2n) is 4.77. The van der Waals surface area contributed by atoms with E-state index in [1.54, 1.807) is 6.26 Å². The van der Waals surface area contributed by atoms with Crippen LogP contribution in [0.1, 0.15) is 25.3 Å². The van der Waals surface area contributed by atoms with Gasteiger partial charge in [0.05, 0.1) is 17.6 Å². The van der Waals surface area contributed by atoms with Crippen LogP contribution in [0.5, 0.6) is 5.75 Å². The van der Waals surface area contributed by atoms with Crippen LogP contribution in [0.15, 0.2) is 28.9 Å². The van der Waals surface area contributed by atoms with Gasteiger partial charge in [0.2, 0.25) is 6.04 Å². The molecule has 1 aliphatic rings. The van der Waals surface area contributed by atoms with Crippen LogP contribution in [0.4, 0.5) is 0 Å². The monoisotopic (exact) mass is 274 g/mol. The first-order valence-corrected chi connectivity index (χ1v) is 6.74. The molecule has 0 amide bonds. The van der Waals surface area contributed by atoms with E-state index >= 15 is 0 Å². The second-order valence-corrected chi connectivity index (χ2v) is 4.77. The number of hydrogen-bond donors (Lipinski definition) is 0. The van der Waals surface area contributed by atoms with Gasteiger partial charge >= 0.3 is 6.08 Å². The van der Waals surface area contributed by atoms with E-state index in [0.29, 0.717) is 6.61 Å². The maximum Gasteiger partial charge on any atom is 0.477 e. The summed E-state index contributed by atoms with van der Waals surface area (Å²) in [6.45, 7) is 2.84. The van der Waals surface area contributed by atoms with Gasteiger partial charge in [-0.1, -0.05) is 0 Å². The number of rotatable bonds is 6. The maximum absolute atomic E-state index is 10.8. The highest BCUT2D eigenvalue weighted by Crippen LogP contribution is 2.28. The molecule has 0 radical (unpaired) electrons. The SMILES string of the molecule is CCOc1ccc2occ(CO[N+](=C=O)C3CC3)c2c1. The lowest BCUT2D eigenvalue weighted by Crippen LogP contribution is -2.13. The number of furan rings is 1. The van der Waals surface area contributed by atoms with Crippen molar-refractivity contribution >= 4 is 17.0 Å². The zero-order valence-electron chi connectivity index (χ0n) is 11.3. The molecule has 1 aromatic carbocycles. The van der Waals surface area contributed by atoms with Crippen molar-refractivity contribution in [1.82, 2.24) is 0 Å². The number of benzene rings is 1. The molecule has 3 rings (SSSR count). The molecule has 1 aliphatic carbocycles. The van der Waals surface area contributed by atoms with Crippen LogP contribution < -0.4 is 4.74 Å². The Morgan fingerprint density at radius 1 is 1.45 bits per heavy atom. The molecule has 0 unspecified atom stereocenters. The molecule has 0 saturated heterocycles. The zero-order chi connectivity index (χ0) is 13.9. The van der Waals surface area contributed by atoms with Gasteiger partial charge in [-0.2, -0.15) is 4.79 Å². The molecule has 0 spiro atoms. The number of isocyanates is 1. The van der Waals surface area contributed by atoms with E-state index in [1.165, 1.54) is 4.74 Å². The summed E-state index contributed by atoms with van der Waals surface area (Å²) in [5, 5.41) is 0.942. The lowest BCUT2D eigenvalue weighted by atomic mass is 10.2. The van der Waals surface area contributed by atoms with Gasteiger partial charge in [-0.3, -0.25) is 4.84 Å². The summed E-state index contributed by atoms with van der Waals surface area (Å²) in [4.78, 5) is 16.3. The molecule has 5 nitrogen and oxygen atoms in total. The lowest BCUT2D eigenvalue weighted by Gasteiger charge is -2.02. The fourth-order valence-electron chi connectivity index (χ4n) is 2.08. The second kappa shape index (κ2) is 5.39. The Labute approximate surface area is 116 Å². The molecule has 104 valence electrons. The number of carbonyl (C=O) groups excluding carboxylic acids is 1. The maximum atomic E-state index is 10.8. The molecular weight excluding hydrogens is 258 g/mol. The Morgan fingerprint density at radius 3 is 3.00 bits per heavy atom. The topological polar surface area (TPSA) is 51.7 Å². The van der Waals surface area contributed by atoms with Crippen molar-refractivity contribution in [3.8, 4) is 5.75 Å². The predicted molar refractivity (Wildman–Crippen MR) is 71.1 cm³/mol. The van der Waals surface area contributed by atoms with Gasteiger partial charge < -0.3 is 9.15 Å². The van der Waals surface area contributed by atoms with Crippen LogP contribution in [0.25, 0.3) is 11.0 Å². The Balaban J connectivity index is 1.79. The molecule has 5 heteroatoms. The summed E-state index contributed by atoms with van der Waals surface area (Å²) in [7, 11) is 0. The number of fused-ring (bicyclic) bond motifs is 1. The van der Waals surface area contributed by atoms with Crippen molar-refractivity contribution in [1.29, 1.82) is 0 Å². The van der Waals surface area contributed by atoms with E-state index in [1.807, 2.05) is 31.2 Å². The van der Waals surface area contributed by atoms with Crippen molar-refractivity contribution < 1.29 is 23.5 Å². The van der Waals surface area contributed by atoms with E-state index in [4.69, 9.17) is 14.0 Å². The average Bonchev–Trinajstić information content (AvgIpc) is 3.22. The first-order valence-electron chi connectivity index (χ1n) is 6.74. The fourth-order valence-corrected chi connectivity index (χ4v) is 2.08. The third-order valence-corrected chi connectivity index (χ3v) is 3.26. The number of nitrogens with zero attached hydrogens (tertiary/aromatic N) is 1. The highest BCUT2D eigenvalue weighted by molar-refractivity contribution is 5.82. The summed E-state index contributed by atoms with van der Waals surface area (Å²) in [5.74, 6) is 0.795. The molecule has 1 fully saturated rings. The first kappa shape index (κ1) is 12.8. The Bertz CT molecular complexity index is 666. The van der Waals surface area contributed by atoms with Crippen LogP contribution in [-0.2, 0) is 16.2 Å². The van der Waals surface area contributed by atoms with Gasteiger partial charge in [0.25, 0.3) is 0 Å². The van der Waals surface area contributed by atoms with Gasteiger partial charge in [0.1, 0.15) is 11.3 Å². The fraction of sp³-hybridized carbons (Fsp3) is 0.400. The summed E-state index contributed by atoms with van der Waals surface area (Å²) in [5.41, 5.74) is 1.67. The zero-order valence-corrected chi connectivity index (χ0v) is 11.3. The predicted octanol–water partition coefficient (Wildman–Crippen LogP) is 2.77. The Morgan fingerprint density at radius 2 is 2.30 bits per heavy atom. The highest BCUT2D eigenvalue weighted by atomic mass is 16.7. The normalized spacial score (nSPS) is 14.1. The van der Waals surface area contributed by atoms with Crippen LogP contribution >= 0.6 is 0 Å². The molecule has 0 atom stereocenters. The van der Waals surface area contributed by atoms with Crippen molar-refractivity contribution in [3.05, 3.63) is 30.0 Å². The standard InChI is InChI=1S/C15H16NO4/c1-2-18-13-5-6-15-14(7-13)11(8-19-15)9-20-16(10-17)12-3-4-12/h5-8,12H,2-4,9H2,1H3/q+1. The average molecular weight is 274 g/mol. The number of hydroxylamine groups is 1. The quantitative estimate of drug-likeness (QED) is 0.352. The van der Waals surface area contributed by atoms with Crippen LogP contribution in [0, 0.1) is 0 Å². The third-order valence-electron chi connectivity index (χ3n) is 3.26. The highest BCUT2D eigenvalue weighted by Gasteiger charge is 2.37. The van der Waals surface area contributed by atoms with E-state index in [-0.39, 0.29) is 12.6 Å². The van der Waals surface area contributed by atoms with E-state index < -0.39 is 0 Å². The van der Waals surface area contributed by atoms with Crippen LogP contribution in [-0.4, -0.2) is 23.5 Å². The van der Waals surface area contributed by atoms with Gasteiger partial charge in [-0.15, -0.1) is 0 Å². The third kappa shape index (κ3) is 2.53. The largest absolute Gasteiger partial charge is 0.494 e. The van der Waals surface area contributed by atoms with Gasteiger partial charge in [0.15, 0.2) is 6.61 Å². The van der Waals surface area contributed by atoms with Crippen molar-refractivity contribution in [2.75, 3.05) is 6.61 Å². The summed E-state index contributed by atoms with van der Waals surface area (Å²) >= 11 is 0. The van der Waals surface area contributed by atoms with Gasteiger partial charge in [0, 0.05) is 23.8 Å². The minimum atomic E-state index is 0.185. The molecule has 1 saturated carbocycles. The molecule has 0 aliphatic heterocycles. The lowest BCUT2D eigenvalue weighted by molar-refractivity contribution is -0.799. The molecule has 20 heavy (non-hydrogen) atoms. The molecule has 1 heterocycles. The first-order chi connectivity index (χ1) is 9.81. The van der Waals surface area contributed by atoms with Crippen LogP contribution in [0.3, 0.4) is 0 Å². The number of ether oxygens (including phenoxy) is 1. The Hall–Kier alpha value is -2.26. The van der Waals surface area contributed by atoms with E-state index in [0.717, 1.165) is 35.1 Å². The summed E-state index contributed by atoms with van der Waals surface area (Å²) in [6, 6.07) is 5.85.